The molecule has 0 aromatic carbocycles. The van der Waals surface area contributed by atoms with Crippen LogP contribution in [0.15, 0.2) is 0 Å². The smallest absolute Gasteiger partial charge is 0.319 e. The van der Waals surface area contributed by atoms with E-state index in [1.807, 2.05) is 7.05 Å². The van der Waals surface area contributed by atoms with Crippen molar-refractivity contribution in [3.8, 4) is 0 Å². The summed E-state index contributed by atoms with van der Waals surface area (Å²) in [5, 5.41) is 8.74. The highest BCUT2D eigenvalue weighted by Crippen LogP contribution is 2.20. The Kier molecular flexibility index (Phi) is 5.95. The highest BCUT2D eigenvalue weighted by Gasteiger charge is 2.29. The second kappa shape index (κ2) is 7.24. The summed E-state index contributed by atoms with van der Waals surface area (Å²) in [6.07, 6.45) is 4.29. The third-order valence-electron chi connectivity index (χ3n) is 3.44. The molecule has 1 fully saturated rings. The third kappa shape index (κ3) is 4.55. The van der Waals surface area contributed by atoms with Crippen LogP contribution in [-0.4, -0.2) is 53.6 Å². The van der Waals surface area contributed by atoms with E-state index in [1.54, 1.807) is 9.80 Å². The van der Waals surface area contributed by atoms with Crippen LogP contribution in [-0.2, 0) is 4.79 Å². The first-order chi connectivity index (χ1) is 8.54. The molecule has 1 rings (SSSR count). The first-order valence-corrected chi connectivity index (χ1v) is 6.76. The average Bonchev–Trinajstić information content (AvgIpc) is 2.75. The van der Waals surface area contributed by atoms with E-state index in [1.165, 1.54) is 0 Å². The number of carboxylic acids is 1. The summed E-state index contributed by atoms with van der Waals surface area (Å²) in [5.74, 6) is -0.652. The fourth-order valence-corrected chi connectivity index (χ4v) is 2.36. The van der Waals surface area contributed by atoms with E-state index in [0.717, 1.165) is 32.2 Å². The number of carbonyl (C=O) groups excluding carboxylic acids is 1. The number of aliphatic carboxylic acids is 1. The molecule has 18 heavy (non-hydrogen) atoms. The molecule has 0 spiro atoms. The van der Waals surface area contributed by atoms with Crippen LogP contribution in [0.5, 0.6) is 0 Å². The van der Waals surface area contributed by atoms with Crippen LogP contribution in [0.4, 0.5) is 4.79 Å². The van der Waals surface area contributed by atoms with Crippen LogP contribution in [0.3, 0.4) is 0 Å². The molecule has 5 nitrogen and oxygen atoms in total. The van der Waals surface area contributed by atoms with Gasteiger partial charge in [0.25, 0.3) is 0 Å². The molecule has 0 aromatic rings. The zero-order valence-corrected chi connectivity index (χ0v) is 11.4. The zero-order valence-electron chi connectivity index (χ0n) is 11.4. The molecule has 1 unspecified atom stereocenters. The molecular formula is C13H24N2O3. The topological polar surface area (TPSA) is 60.9 Å². The molecule has 1 heterocycles. The van der Waals surface area contributed by atoms with E-state index < -0.39 is 5.97 Å². The van der Waals surface area contributed by atoms with Crippen molar-refractivity contribution in [1.82, 2.24) is 9.80 Å². The van der Waals surface area contributed by atoms with Crippen LogP contribution in [0.25, 0.3) is 0 Å². The molecule has 0 radical (unpaired) electrons. The van der Waals surface area contributed by atoms with E-state index in [-0.39, 0.29) is 18.4 Å². The van der Waals surface area contributed by atoms with Crippen LogP contribution >= 0.6 is 0 Å². The molecule has 1 aliphatic rings. The van der Waals surface area contributed by atoms with E-state index >= 15 is 0 Å². The first kappa shape index (κ1) is 14.8. The summed E-state index contributed by atoms with van der Waals surface area (Å²) in [6, 6.07) is 0.0407. The molecule has 5 heteroatoms. The SMILES string of the molecule is CCCCCN(C)C(=O)N1CCC(CC(=O)O)C1. The number of hydrogen-bond donors (Lipinski definition) is 1. The summed E-state index contributed by atoms with van der Waals surface area (Å²) in [6.45, 7) is 4.20. The lowest BCUT2D eigenvalue weighted by molar-refractivity contribution is -0.138. The molecule has 2 amide bonds. The van der Waals surface area contributed by atoms with Crippen molar-refractivity contribution in [1.29, 1.82) is 0 Å². The quantitative estimate of drug-likeness (QED) is 0.740. The number of amides is 2. The van der Waals surface area contributed by atoms with Gasteiger partial charge in [-0.15, -0.1) is 0 Å². The molecule has 0 aromatic heterocycles. The molecule has 1 aliphatic heterocycles. The number of hydrogen-bond acceptors (Lipinski definition) is 2. The van der Waals surface area contributed by atoms with E-state index in [9.17, 15) is 9.59 Å². The average molecular weight is 256 g/mol. The standard InChI is InChI=1S/C13H24N2O3/c1-3-4-5-7-14(2)13(18)15-8-6-11(10-15)9-12(16)17/h11H,3-10H2,1-2H3,(H,16,17). The predicted octanol–water partition coefficient (Wildman–Crippen LogP) is 2.03. The minimum atomic E-state index is -0.773. The number of rotatable bonds is 6. The molecule has 0 bridgehead atoms. The van der Waals surface area contributed by atoms with Gasteiger partial charge in [-0.3, -0.25) is 4.79 Å². The summed E-state index contributed by atoms with van der Waals surface area (Å²) in [5.41, 5.74) is 0. The highest BCUT2D eigenvalue weighted by molar-refractivity contribution is 5.74. The first-order valence-electron chi connectivity index (χ1n) is 6.76. The molecule has 0 saturated carbocycles. The normalized spacial score (nSPS) is 19.0. The largest absolute Gasteiger partial charge is 0.481 e. The lowest BCUT2D eigenvalue weighted by atomic mass is 10.1. The second-order valence-electron chi connectivity index (χ2n) is 5.11. The fraction of sp³-hybridized carbons (Fsp3) is 0.846. The van der Waals surface area contributed by atoms with Crippen molar-refractivity contribution in [2.75, 3.05) is 26.7 Å². The van der Waals surface area contributed by atoms with Crippen molar-refractivity contribution in [2.45, 2.75) is 39.0 Å². The second-order valence-corrected chi connectivity index (χ2v) is 5.11. The summed E-state index contributed by atoms with van der Waals surface area (Å²) < 4.78 is 0. The van der Waals surface area contributed by atoms with Gasteiger partial charge in [0.05, 0.1) is 0 Å². The van der Waals surface area contributed by atoms with E-state index in [4.69, 9.17) is 5.11 Å². The number of carbonyl (C=O) groups is 2. The van der Waals surface area contributed by atoms with Crippen LogP contribution in [0.1, 0.15) is 39.0 Å². The molecular weight excluding hydrogens is 232 g/mol. The molecule has 1 saturated heterocycles. The molecule has 104 valence electrons. The number of unbranched alkanes of at least 4 members (excludes halogenated alkanes) is 2. The van der Waals surface area contributed by atoms with Gasteiger partial charge in [0.1, 0.15) is 0 Å². The van der Waals surface area contributed by atoms with Crippen molar-refractivity contribution >= 4 is 12.0 Å². The Bertz CT molecular complexity index is 294. The maximum atomic E-state index is 12.1. The number of nitrogens with zero attached hydrogens (tertiary/aromatic N) is 2. The lowest BCUT2D eigenvalue weighted by Gasteiger charge is -2.24. The third-order valence-corrected chi connectivity index (χ3v) is 3.44. The van der Waals surface area contributed by atoms with Crippen LogP contribution in [0.2, 0.25) is 0 Å². The summed E-state index contributed by atoms with van der Waals surface area (Å²) in [7, 11) is 1.82. The van der Waals surface area contributed by atoms with E-state index in [0.29, 0.717) is 13.1 Å². The Morgan fingerprint density at radius 3 is 2.72 bits per heavy atom. The van der Waals surface area contributed by atoms with Crippen LogP contribution in [0, 0.1) is 5.92 Å². The molecule has 0 aliphatic carbocycles. The molecule has 1 N–H and O–H groups in total. The van der Waals surface area contributed by atoms with Gasteiger partial charge in [-0.1, -0.05) is 19.8 Å². The van der Waals surface area contributed by atoms with Crippen molar-refractivity contribution in [3.63, 3.8) is 0 Å². The number of urea groups is 1. The Morgan fingerprint density at radius 1 is 1.39 bits per heavy atom. The Balaban J connectivity index is 2.32. The van der Waals surface area contributed by atoms with Gasteiger partial charge in [0.15, 0.2) is 0 Å². The minimum absolute atomic E-state index is 0.0407. The zero-order chi connectivity index (χ0) is 13.5. The fourth-order valence-electron chi connectivity index (χ4n) is 2.36. The minimum Gasteiger partial charge on any atom is -0.481 e. The predicted molar refractivity (Wildman–Crippen MR) is 69.5 cm³/mol. The maximum Gasteiger partial charge on any atom is 0.319 e. The van der Waals surface area contributed by atoms with Crippen molar-refractivity contribution in [3.05, 3.63) is 0 Å². The maximum absolute atomic E-state index is 12.1. The van der Waals surface area contributed by atoms with Gasteiger partial charge < -0.3 is 14.9 Å². The van der Waals surface area contributed by atoms with Gasteiger partial charge >= 0.3 is 12.0 Å². The Hall–Kier alpha value is -1.26. The number of likely N-dealkylation sites (tertiary alicyclic amines) is 1. The monoisotopic (exact) mass is 256 g/mol. The van der Waals surface area contributed by atoms with E-state index in [2.05, 4.69) is 6.92 Å². The van der Waals surface area contributed by atoms with Crippen LogP contribution < -0.4 is 0 Å². The number of carboxylic acid groups (broad SMARTS) is 1. The van der Waals surface area contributed by atoms with Gasteiger partial charge in [-0.25, -0.2) is 4.79 Å². The summed E-state index contributed by atoms with van der Waals surface area (Å²) in [4.78, 5) is 26.2. The summed E-state index contributed by atoms with van der Waals surface area (Å²) >= 11 is 0. The highest BCUT2D eigenvalue weighted by atomic mass is 16.4. The molecule has 1 atom stereocenters. The van der Waals surface area contributed by atoms with Crippen molar-refractivity contribution in [2.24, 2.45) is 5.92 Å². The van der Waals surface area contributed by atoms with Gasteiger partial charge in [-0.2, -0.15) is 0 Å². The van der Waals surface area contributed by atoms with Crippen molar-refractivity contribution < 1.29 is 14.7 Å². The van der Waals surface area contributed by atoms with Gasteiger partial charge in [0, 0.05) is 33.1 Å². The van der Waals surface area contributed by atoms with Gasteiger partial charge in [0.2, 0.25) is 0 Å². The Labute approximate surface area is 109 Å². The lowest BCUT2D eigenvalue weighted by Crippen LogP contribution is -2.40. The van der Waals surface area contributed by atoms with Gasteiger partial charge in [-0.05, 0) is 18.8 Å². The Morgan fingerprint density at radius 2 is 2.11 bits per heavy atom.